The van der Waals surface area contributed by atoms with Crippen molar-refractivity contribution in [3.8, 4) is 0 Å². The van der Waals surface area contributed by atoms with Crippen LogP contribution in [0.3, 0.4) is 0 Å². The Bertz CT molecular complexity index is 551. The molecule has 0 saturated heterocycles. The molecule has 3 heteroatoms. The van der Waals surface area contributed by atoms with Crippen molar-refractivity contribution in [2.24, 2.45) is 28.6 Å². The molecule has 4 saturated carbocycles. The van der Waals surface area contributed by atoms with Gasteiger partial charge in [-0.1, -0.05) is 26.0 Å². The molecule has 0 aromatic rings. The summed E-state index contributed by atoms with van der Waals surface area (Å²) in [6.45, 7) is 10.5. The molecular formula is C20H32O3. The Labute approximate surface area is 139 Å². The lowest BCUT2D eigenvalue weighted by molar-refractivity contribution is -0.102. The molecule has 0 heterocycles. The van der Waals surface area contributed by atoms with Gasteiger partial charge < -0.3 is 15.3 Å². The van der Waals surface area contributed by atoms with Crippen LogP contribution < -0.4 is 0 Å². The van der Waals surface area contributed by atoms with Gasteiger partial charge >= 0.3 is 0 Å². The Hall–Kier alpha value is -0.380. The van der Waals surface area contributed by atoms with Crippen LogP contribution in [0.5, 0.6) is 0 Å². The van der Waals surface area contributed by atoms with E-state index in [-0.39, 0.29) is 11.3 Å². The molecule has 2 bridgehead atoms. The van der Waals surface area contributed by atoms with Crippen molar-refractivity contribution < 1.29 is 15.3 Å². The van der Waals surface area contributed by atoms with Gasteiger partial charge in [-0.15, -0.1) is 0 Å². The first-order valence-corrected chi connectivity index (χ1v) is 9.35. The molecule has 0 aromatic carbocycles. The molecule has 23 heavy (non-hydrogen) atoms. The summed E-state index contributed by atoms with van der Waals surface area (Å²) in [5, 5.41) is 33.0. The first-order valence-electron chi connectivity index (χ1n) is 9.35. The summed E-state index contributed by atoms with van der Waals surface area (Å²) >= 11 is 0. The topological polar surface area (TPSA) is 60.7 Å². The quantitative estimate of drug-likeness (QED) is 0.601. The van der Waals surface area contributed by atoms with Gasteiger partial charge in [0.25, 0.3) is 0 Å². The summed E-state index contributed by atoms with van der Waals surface area (Å²) in [6, 6.07) is 0. The van der Waals surface area contributed by atoms with E-state index in [9.17, 15) is 15.3 Å². The van der Waals surface area contributed by atoms with Crippen LogP contribution in [0, 0.1) is 28.6 Å². The molecule has 0 radical (unpaired) electrons. The van der Waals surface area contributed by atoms with Crippen LogP contribution in [0.15, 0.2) is 12.2 Å². The van der Waals surface area contributed by atoms with E-state index in [1.54, 1.807) is 0 Å². The van der Waals surface area contributed by atoms with Gasteiger partial charge in [0, 0.05) is 11.3 Å². The van der Waals surface area contributed by atoms with Gasteiger partial charge in [-0.25, -0.2) is 0 Å². The molecule has 0 aromatic heterocycles. The first kappa shape index (κ1) is 16.1. The third-order valence-corrected chi connectivity index (χ3v) is 8.67. The lowest BCUT2D eigenvalue weighted by atomic mass is 9.63. The monoisotopic (exact) mass is 320 g/mol. The maximum Gasteiger partial charge on any atom is 0.0789 e. The van der Waals surface area contributed by atoms with Gasteiger partial charge in [0.05, 0.1) is 17.3 Å². The van der Waals surface area contributed by atoms with E-state index >= 15 is 0 Å². The van der Waals surface area contributed by atoms with E-state index in [2.05, 4.69) is 6.58 Å². The molecule has 4 rings (SSSR count). The predicted octanol–water partition coefficient (Wildman–Crippen LogP) is 3.03. The van der Waals surface area contributed by atoms with Crippen molar-refractivity contribution in [1.82, 2.24) is 0 Å². The second kappa shape index (κ2) is 4.42. The minimum atomic E-state index is -0.862. The number of fused-ring (bicyclic) bond motifs is 2. The Morgan fingerprint density at radius 2 is 1.74 bits per heavy atom. The van der Waals surface area contributed by atoms with E-state index in [1.165, 1.54) is 0 Å². The zero-order chi connectivity index (χ0) is 16.8. The van der Waals surface area contributed by atoms with Crippen LogP contribution >= 0.6 is 0 Å². The maximum absolute atomic E-state index is 11.6. The van der Waals surface area contributed by atoms with E-state index in [1.807, 2.05) is 20.8 Å². The van der Waals surface area contributed by atoms with Crippen molar-refractivity contribution in [3.63, 3.8) is 0 Å². The minimum Gasteiger partial charge on any atom is -0.392 e. The summed E-state index contributed by atoms with van der Waals surface area (Å²) in [7, 11) is 0. The fourth-order valence-corrected chi connectivity index (χ4v) is 7.02. The third-order valence-electron chi connectivity index (χ3n) is 8.67. The molecule has 1 spiro atoms. The van der Waals surface area contributed by atoms with Gasteiger partial charge in [-0.05, 0) is 69.1 Å². The van der Waals surface area contributed by atoms with E-state index in [0.717, 1.165) is 44.1 Å². The Morgan fingerprint density at radius 3 is 2.43 bits per heavy atom. The lowest BCUT2D eigenvalue weighted by Crippen LogP contribution is -2.48. The number of aliphatic hydroxyl groups excluding tert-OH is 1. The highest BCUT2D eigenvalue weighted by molar-refractivity contribution is 5.28. The fourth-order valence-electron chi connectivity index (χ4n) is 7.02. The van der Waals surface area contributed by atoms with E-state index in [4.69, 9.17) is 0 Å². The van der Waals surface area contributed by atoms with Gasteiger partial charge in [0.15, 0.2) is 0 Å². The van der Waals surface area contributed by atoms with Crippen LogP contribution in [0.25, 0.3) is 0 Å². The van der Waals surface area contributed by atoms with E-state index < -0.39 is 22.7 Å². The van der Waals surface area contributed by atoms with Gasteiger partial charge in [0.1, 0.15) is 0 Å². The summed E-state index contributed by atoms with van der Waals surface area (Å²) in [5.74, 6) is 0.796. The molecule has 4 aliphatic rings. The van der Waals surface area contributed by atoms with Crippen molar-refractivity contribution in [1.29, 1.82) is 0 Å². The smallest absolute Gasteiger partial charge is 0.0789 e. The molecule has 0 unspecified atom stereocenters. The molecule has 4 aliphatic carbocycles. The Balaban J connectivity index is 1.76. The average Bonchev–Trinajstić information content (AvgIpc) is 2.73. The third kappa shape index (κ3) is 1.82. The van der Waals surface area contributed by atoms with Crippen LogP contribution in [0.1, 0.15) is 65.7 Å². The van der Waals surface area contributed by atoms with Crippen molar-refractivity contribution in [2.45, 2.75) is 83.0 Å². The zero-order valence-electron chi connectivity index (χ0n) is 14.8. The van der Waals surface area contributed by atoms with Crippen molar-refractivity contribution in [3.05, 3.63) is 12.2 Å². The lowest BCUT2D eigenvalue weighted by Gasteiger charge is -2.41. The molecular weight excluding hydrogens is 288 g/mol. The summed E-state index contributed by atoms with van der Waals surface area (Å²) in [6.07, 6.45) is 5.92. The predicted molar refractivity (Wildman–Crippen MR) is 89.7 cm³/mol. The van der Waals surface area contributed by atoms with Crippen LogP contribution in [0.4, 0.5) is 0 Å². The summed E-state index contributed by atoms with van der Waals surface area (Å²) in [4.78, 5) is 0. The molecule has 0 aliphatic heterocycles. The number of aliphatic hydroxyl groups is 3. The molecule has 3 nitrogen and oxygen atoms in total. The molecule has 4 fully saturated rings. The maximum atomic E-state index is 11.6. The molecule has 3 N–H and O–H groups in total. The summed E-state index contributed by atoms with van der Waals surface area (Å²) < 4.78 is 0. The van der Waals surface area contributed by atoms with Crippen LogP contribution in [0.2, 0.25) is 0 Å². The standard InChI is InChI=1S/C20H32O3/c1-12-14-6-5-13-10-19(14,11-18(13,4)22)7-8-20(23)15(12)9-16(21)17(20,2)3/h13-16,21-23H,1,5-11H2,2-4H3/t13-,14+,15-,16+,18-,19+,20+/m1/s1. The van der Waals surface area contributed by atoms with Gasteiger partial charge in [0.2, 0.25) is 0 Å². The Morgan fingerprint density at radius 1 is 1.04 bits per heavy atom. The molecule has 130 valence electrons. The SMILES string of the molecule is C=C1[C@H]2C[C@H](O)C(C)(C)[C@]2(O)CC[C@@]23C[C@@H](CC[C@@H]12)[C@](C)(O)C3. The first-order chi connectivity index (χ1) is 10.5. The molecule has 0 amide bonds. The van der Waals surface area contributed by atoms with Gasteiger partial charge in [-0.3, -0.25) is 0 Å². The molecule has 7 atom stereocenters. The van der Waals surface area contributed by atoms with Gasteiger partial charge in [-0.2, -0.15) is 0 Å². The Kier molecular flexibility index (Phi) is 3.09. The van der Waals surface area contributed by atoms with Crippen LogP contribution in [-0.2, 0) is 0 Å². The number of rotatable bonds is 0. The zero-order valence-corrected chi connectivity index (χ0v) is 14.8. The minimum absolute atomic E-state index is 0.000950. The number of hydrogen-bond acceptors (Lipinski definition) is 3. The number of hydrogen-bond donors (Lipinski definition) is 3. The summed E-state index contributed by atoms with van der Waals surface area (Å²) in [5.41, 5.74) is -0.646. The highest BCUT2D eigenvalue weighted by atomic mass is 16.3. The largest absolute Gasteiger partial charge is 0.392 e. The highest BCUT2D eigenvalue weighted by Crippen LogP contribution is 2.68. The second-order valence-electron chi connectivity index (χ2n) is 9.95. The normalized spacial score (nSPS) is 57.7. The highest BCUT2D eigenvalue weighted by Gasteiger charge is 2.66. The van der Waals surface area contributed by atoms with Crippen molar-refractivity contribution in [2.75, 3.05) is 0 Å². The van der Waals surface area contributed by atoms with Crippen LogP contribution in [-0.4, -0.2) is 32.6 Å². The average molecular weight is 320 g/mol. The van der Waals surface area contributed by atoms with E-state index in [0.29, 0.717) is 18.3 Å². The van der Waals surface area contributed by atoms with Crippen molar-refractivity contribution >= 4 is 0 Å². The second-order valence-corrected chi connectivity index (χ2v) is 9.95. The fraction of sp³-hybridized carbons (Fsp3) is 0.900.